The van der Waals surface area contributed by atoms with E-state index >= 15 is 0 Å². The van der Waals surface area contributed by atoms with Crippen LogP contribution in [0.15, 0.2) is 42.6 Å². The minimum Gasteiger partial charge on any atom is -0.494 e. The van der Waals surface area contributed by atoms with Gasteiger partial charge in [-0.1, -0.05) is 23.2 Å². The predicted molar refractivity (Wildman–Crippen MR) is 162 cm³/mol. The molecule has 1 aliphatic rings. The normalized spacial score (nSPS) is 13.7. The van der Waals surface area contributed by atoms with Gasteiger partial charge in [-0.2, -0.15) is 0 Å². The minimum atomic E-state index is -0.598. The van der Waals surface area contributed by atoms with Gasteiger partial charge in [-0.05, 0) is 31.3 Å². The van der Waals surface area contributed by atoms with E-state index < -0.39 is 4.92 Å². The van der Waals surface area contributed by atoms with Crippen molar-refractivity contribution < 1.29 is 15.1 Å². The molecule has 0 saturated carbocycles. The first-order valence-electron chi connectivity index (χ1n) is 12.9. The molecule has 4 aromatic rings. The predicted octanol–water partition coefficient (Wildman–Crippen LogP) is 3.81. The third-order valence-electron chi connectivity index (χ3n) is 6.79. The summed E-state index contributed by atoms with van der Waals surface area (Å²) in [6.07, 6.45) is 1.48. The minimum absolute atomic E-state index is 0.147. The zero-order valence-corrected chi connectivity index (χ0v) is 24.0. The van der Waals surface area contributed by atoms with Crippen molar-refractivity contribution in [2.45, 2.75) is 0 Å². The highest BCUT2D eigenvalue weighted by Gasteiger charge is 2.26. The Morgan fingerprint density at radius 1 is 1.02 bits per heavy atom. The van der Waals surface area contributed by atoms with Crippen LogP contribution in [0.2, 0.25) is 10.0 Å². The number of hydrogen-bond donors (Lipinski definition) is 5. The van der Waals surface area contributed by atoms with Crippen LogP contribution < -0.4 is 21.3 Å². The van der Waals surface area contributed by atoms with Gasteiger partial charge >= 0.3 is 5.69 Å². The van der Waals surface area contributed by atoms with Crippen LogP contribution in [0.5, 0.6) is 11.8 Å². The van der Waals surface area contributed by atoms with Crippen molar-refractivity contribution in [2.75, 3.05) is 67.6 Å². The molecule has 0 bridgehead atoms. The summed E-state index contributed by atoms with van der Waals surface area (Å²) in [6, 6.07) is 9.21. The Balaban J connectivity index is 1.41. The molecule has 220 valence electrons. The number of rotatable bonds is 9. The van der Waals surface area contributed by atoms with Crippen LogP contribution >= 0.6 is 23.2 Å². The molecule has 0 amide bonds. The highest BCUT2D eigenvalue weighted by Crippen LogP contribution is 2.42. The smallest absolute Gasteiger partial charge is 0.311 e. The van der Waals surface area contributed by atoms with Crippen LogP contribution in [0.3, 0.4) is 0 Å². The zero-order chi connectivity index (χ0) is 30.0. The van der Waals surface area contributed by atoms with Gasteiger partial charge < -0.3 is 36.4 Å². The van der Waals surface area contributed by atoms with E-state index in [2.05, 4.69) is 30.5 Å². The number of nitrogens with zero attached hydrogens (tertiary/aromatic N) is 7. The fourth-order valence-corrected chi connectivity index (χ4v) is 5.08. The number of halogens is 2. The van der Waals surface area contributed by atoms with E-state index in [9.17, 15) is 20.3 Å². The molecule has 0 spiro atoms. The summed E-state index contributed by atoms with van der Waals surface area (Å²) in [5, 5.41) is 40.0. The Hall–Kier alpha value is -4.53. The van der Waals surface area contributed by atoms with Gasteiger partial charge in [0.15, 0.2) is 0 Å². The van der Waals surface area contributed by atoms with Crippen LogP contribution in [-0.2, 0) is 0 Å². The van der Waals surface area contributed by atoms with Crippen LogP contribution in [-0.4, -0.2) is 85.9 Å². The van der Waals surface area contributed by atoms with Crippen molar-refractivity contribution in [2.24, 2.45) is 0 Å². The summed E-state index contributed by atoms with van der Waals surface area (Å²) in [6.45, 7) is 3.74. The van der Waals surface area contributed by atoms with Crippen molar-refractivity contribution in [1.29, 1.82) is 0 Å². The molecule has 42 heavy (non-hydrogen) atoms. The molecule has 0 unspecified atom stereocenters. The molecule has 3 aromatic heterocycles. The number of nitro groups is 1. The lowest BCUT2D eigenvalue weighted by Crippen LogP contribution is -2.44. The molecule has 6 N–H and O–H groups in total. The number of nitrogens with one attached hydrogen (secondary N) is 2. The molecule has 0 aliphatic carbocycles. The second-order valence-electron chi connectivity index (χ2n) is 9.60. The van der Waals surface area contributed by atoms with Crippen molar-refractivity contribution >= 4 is 52.2 Å². The van der Waals surface area contributed by atoms with E-state index in [0.717, 1.165) is 13.1 Å². The van der Waals surface area contributed by atoms with E-state index in [-0.39, 0.29) is 29.2 Å². The summed E-state index contributed by atoms with van der Waals surface area (Å²) in [5.74, 6) is 0.110. The van der Waals surface area contributed by atoms with E-state index in [4.69, 9.17) is 28.9 Å². The number of nitrogens with two attached hydrogens (primary N) is 1. The standard InChI is InChI=1S/C26H28Cl2N10O4/c1-35-8-10-36(11-9-35)19-13-22(39)37(25(19)40)20-14-32-26(34-23(20)16-3-2-15(27)12-17(16)28)31-7-6-30-21-5-4-18(38(41)42)24(29)33-21/h2-5,12-14,39-40H,6-11H2,1H3,(H3,29,30,33)(H,31,32,34). The molecule has 1 fully saturated rings. The van der Waals surface area contributed by atoms with Crippen molar-refractivity contribution in [3.05, 3.63) is 62.8 Å². The number of piperazine rings is 1. The Bertz CT molecular complexity index is 1630. The molecular weight excluding hydrogens is 587 g/mol. The second-order valence-corrected chi connectivity index (χ2v) is 10.4. The third kappa shape index (κ3) is 6.05. The third-order valence-corrected chi connectivity index (χ3v) is 7.34. The first kappa shape index (κ1) is 29.0. The van der Waals surface area contributed by atoms with E-state index in [1.54, 1.807) is 18.2 Å². The number of benzene rings is 1. The SMILES string of the molecule is CN1CCN(c2cc(O)n(-c3cnc(NCCNc4ccc([N+](=O)[O-])c(N)n4)nc3-c3ccc(Cl)cc3Cl)c2O)CC1. The largest absolute Gasteiger partial charge is 0.494 e. The van der Waals surface area contributed by atoms with Gasteiger partial charge in [-0.3, -0.25) is 10.1 Å². The van der Waals surface area contributed by atoms with Crippen LogP contribution in [0, 0.1) is 10.1 Å². The van der Waals surface area contributed by atoms with Crippen LogP contribution in [0.1, 0.15) is 0 Å². The lowest BCUT2D eigenvalue weighted by atomic mass is 10.1. The summed E-state index contributed by atoms with van der Waals surface area (Å²) in [7, 11) is 2.04. The van der Waals surface area contributed by atoms with Gasteiger partial charge in [-0.25, -0.2) is 19.5 Å². The second kappa shape index (κ2) is 12.1. The van der Waals surface area contributed by atoms with Crippen molar-refractivity contribution in [1.82, 2.24) is 24.4 Å². The lowest BCUT2D eigenvalue weighted by Gasteiger charge is -2.33. The van der Waals surface area contributed by atoms with Crippen molar-refractivity contribution in [3.63, 3.8) is 0 Å². The van der Waals surface area contributed by atoms with Gasteiger partial charge in [0.2, 0.25) is 23.5 Å². The zero-order valence-electron chi connectivity index (χ0n) is 22.5. The highest BCUT2D eigenvalue weighted by molar-refractivity contribution is 6.36. The van der Waals surface area contributed by atoms with Gasteiger partial charge in [0.25, 0.3) is 0 Å². The van der Waals surface area contributed by atoms with Crippen molar-refractivity contribution in [3.8, 4) is 28.7 Å². The maximum Gasteiger partial charge on any atom is 0.311 e. The number of likely N-dealkylation sites (N-methyl/N-ethyl adjacent to an activating group) is 1. The Morgan fingerprint density at radius 3 is 2.45 bits per heavy atom. The Labute approximate surface area is 250 Å². The average Bonchev–Trinajstić information content (AvgIpc) is 3.24. The summed E-state index contributed by atoms with van der Waals surface area (Å²) in [5.41, 5.74) is 7.06. The first-order valence-corrected chi connectivity index (χ1v) is 13.7. The van der Waals surface area contributed by atoms with E-state index in [1.807, 2.05) is 11.9 Å². The number of aromatic hydroxyl groups is 2. The number of pyridine rings is 1. The van der Waals surface area contributed by atoms with Gasteiger partial charge in [0.1, 0.15) is 17.2 Å². The summed E-state index contributed by atoms with van der Waals surface area (Å²) < 4.78 is 1.28. The maximum absolute atomic E-state index is 11.2. The number of nitrogen functional groups attached to an aromatic ring is 1. The fourth-order valence-electron chi connectivity index (χ4n) is 4.58. The Kier molecular flexibility index (Phi) is 8.38. The quantitative estimate of drug-likeness (QED) is 0.104. The molecule has 1 aliphatic heterocycles. The maximum atomic E-state index is 11.2. The number of anilines is 4. The molecule has 16 heteroatoms. The highest BCUT2D eigenvalue weighted by atomic mass is 35.5. The molecule has 0 atom stereocenters. The molecule has 1 aromatic carbocycles. The topological polar surface area (TPSA) is 184 Å². The van der Waals surface area contributed by atoms with Gasteiger partial charge in [0.05, 0.1) is 21.8 Å². The monoisotopic (exact) mass is 614 g/mol. The average molecular weight is 615 g/mol. The fraction of sp³-hybridized carbons (Fsp3) is 0.269. The van der Waals surface area contributed by atoms with E-state index in [1.165, 1.54) is 29.0 Å². The summed E-state index contributed by atoms with van der Waals surface area (Å²) in [4.78, 5) is 27.6. The van der Waals surface area contributed by atoms with E-state index in [0.29, 0.717) is 64.7 Å². The Morgan fingerprint density at radius 2 is 1.76 bits per heavy atom. The van der Waals surface area contributed by atoms with Gasteiger partial charge in [0, 0.05) is 62.0 Å². The number of aromatic nitrogens is 4. The molecule has 0 radical (unpaired) electrons. The summed E-state index contributed by atoms with van der Waals surface area (Å²) >= 11 is 12.7. The molecule has 1 saturated heterocycles. The van der Waals surface area contributed by atoms with Crippen LogP contribution in [0.25, 0.3) is 16.9 Å². The molecule has 14 nitrogen and oxygen atoms in total. The molecular formula is C26H28Cl2N10O4. The van der Waals surface area contributed by atoms with Crippen LogP contribution in [0.4, 0.5) is 29.0 Å². The van der Waals surface area contributed by atoms with Gasteiger partial charge in [-0.15, -0.1) is 0 Å². The lowest BCUT2D eigenvalue weighted by molar-refractivity contribution is -0.384. The first-order chi connectivity index (χ1) is 20.1. The molecule has 4 heterocycles. The number of hydrogen-bond acceptors (Lipinski definition) is 12. The molecule has 5 rings (SSSR count).